The normalized spacial score (nSPS) is 42.2. The van der Waals surface area contributed by atoms with E-state index in [4.69, 9.17) is 18.9 Å². The van der Waals surface area contributed by atoms with Gasteiger partial charge in [0.25, 0.3) is 0 Å². The lowest BCUT2D eigenvalue weighted by Crippen LogP contribution is -2.57. The first kappa shape index (κ1) is 26.1. The van der Waals surface area contributed by atoms with Gasteiger partial charge in [-0.1, -0.05) is 6.92 Å². The molecule has 1 aliphatic heterocycles. The summed E-state index contributed by atoms with van der Waals surface area (Å²) in [5, 5.41) is 0. The Labute approximate surface area is 224 Å². The summed E-state index contributed by atoms with van der Waals surface area (Å²) < 4.78 is 22.9. The van der Waals surface area contributed by atoms with E-state index in [1.165, 1.54) is 19.3 Å². The fourth-order valence-electron chi connectivity index (χ4n) is 9.38. The molecule has 5 atom stereocenters. The van der Waals surface area contributed by atoms with Crippen LogP contribution in [0.1, 0.15) is 92.4 Å². The monoisotopic (exact) mass is 530 g/mol. The molecule has 0 aromatic carbocycles. The van der Waals surface area contributed by atoms with E-state index in [0.29, 0.717) is 12.8 Å². The molecular weight excluding hydrogens is 488 g/mol. The predicted octanol–water partition coefficient (Wildman–Crippen LogP) is 4.37. The van der Waals surface area contributed by atoms with Crippen LogP contribution in [0.3, 0.4) is 0 Å². The largest absolute Gasteiger partial charge is 0.458 e. The highest BCUT2D eigenvalue weighted by molar-refractivity contribution is 6.03. The van der Waals surface area contributed by atoms with Crippen LogP contribution in [0.25, 0.3) is 0 Å². The highest BCUT2D eigenvalue weighted by Crippen LogP contribution is 2.65. The first-order valence-corrected chi connectivity index (χ1v) is 14.6. The first-order chi connectivity index (χ1) is 17.8. The zero-order valence-corrected chi connectivity index (χ0v) is 23.4. The third-order valence-corrected chi connectivity index (χ3v) is 11.6. The van der Waals surface area contributed by atoms with Crippen LogP contribution in [-0.4, -0.2) is 48.3 Å². The molecule has 8 heteroatoms. The Hall–Kier alpha value is -2.12. The summed E-state index contributed by atoms with van der Waals surface area (Å²) in [4.78, 5) is 51.9. The molecule has 7 rings (SSSR count). The predicted molar refractivity (Wildman–Crippen MR) is 134 cm³/mol. The topological polar surface area (TPSA) is 105 Å². The van der Waals surface area contributed by atoms with Crippen molar-refractivity contribution in [3.8, 4) is 0 Å². The second kappa shape index (κ2) is 8.44. The average Bonchev–Trinajstić information content (AvgIpc) is 3.44. The van der Waals surface area contributed by atoms with Crippen LogP contribution in [0.5, 0.6) is 0 Å². The van der Waals surface area contributed by atoms with E-state index < -0.39 is 59.1 Å². The maximum Gasteiger partial charge on any atom is 0.344 e. The summed E-state index contributed by atoms with van der Waals surface area (Å²) in [5.74, 6) is -0.620. The van der Waals surface area contributed by atoms with Gasteiger partial charge in [-0.15, -0.1) is 0 Å². The summed E-state index contributed by atoms with van der Waals surface area (Å²) in [6, 6.07) is 0. The summed E-state index contributed by atoms with van der Waals surface area (Å²) in [6.07, 6.45) is 7.41. The van der Waals surface area contributed by atoms with Gasteiger partial charge in [-0.3, -0.25) is 14.4 Å². The van der Waals surface area contributed by atoms with Crippen molar-refractivity contribution in [1.29, 1.82) is 0 Å². The van der Waals surface area contributed by atoms with Crippen LogP contribution in [0, 0.1) is 45.8 Å². The van der Waals surface area contributed by atoms with Crippen molar-refractivity contribution >= 4 is 23.9 Å². The molecule has 0 radical (unpaired) electrons. The molecule has 0 aromatic heterocycles. The number of rotatable bonds is 8. The highest BCUT2D eigenvalue weighted by Gasteiger charge is 2.75. The van der Waals surface area contributed by atoms with Gasteiger partial charge in [0, 0.05) is 17.3 Å². The molecule has 5 unspecified atom stereocenters. The molecule has 0 spiro atoms. The van der Waals surface area contributed by atoms with Crippen molar-refractivity contribution in [2.45, 2.75) is 110 Å². The van der Waals surface area contributed by atoms with Crippen molar-refractivity contribution < 1.29 is 38.1 Å². The summed E-state index contributed by atoms with van der Waals surface area (Å²) in [6.45, 7) is 9.08. The molecule has 6 bridgehead atoms. The molecule has 210 valence electrons. The van der Waals surface area contributed by atoms with Gasteiger partial charge >= 0.3 is 23.9 Å². The van der Waals surface area contributed by atoms with E-state index in [2.05, 4.69) is 0 Å². The number of ether oxygens (including phenoxy) is 4. The second-order valence-corrected chi connectivity index (χ2v) is 14.5. The minimum absolute atomic E-state index is 0.00796. The Morgan fingerprint density at radius 1 is 0.947 bits per heavy atom. The smallest absolute Gasteiger partial charge is 0.344 e. The zero-order chi connectivity index (χ0) is 27.3. The van der Waals surface area contributed by atoms with Gasteiger partial charge in [0.1, 0.15) is 17.8 Å². The zero-order valence-electron chi connectivity index (χ0n) is 23.4. The Kier molecular flexibility index (Phi) is 5.80. The lowest BCUT2D eigenvalue weighted by atomic mass is 9.46. The van der Waals surface area contributed by atoms with Crippen molar-refractivity contribution in [2.24, 2.45) is 45.8 Å². The van der Waals surface area contributed by atoms with Crippen LogP contribution in [0.4, 0.5) is 0 Å². The Morgan fingerprint density at radius 2 is 1.55 bits per heavy atom. The van der Waals surface area contributed by atoms with Gasteiger partial charge in [0.15, 0.2) is 12.0 Å². The summed E-state index contributed by atoms with van der Waals surface area (Å²) >= 11 is 0. The van der Waals surface area contributed by atoms with Crippen LogP contribution in [0.15, 0.2) is 0 Å². The molecule has 0 amide bonds. The maximum absolute atomic E-state index is 13.3. The third-order valence-electron chi connectivity index (χ3n) is 11.6. The van der Waals surface area contributed by atoms with Gasteiger partial charge < -0.3 is 18.9 Å². The number of hydrogen-bond acceptors (Lipinski definition) is 8. The van der Waals surface area contributed by atoms with Crippen molar-refractivity contribution in [1.82, 2.24) is 0 Å². The molecular formula is C30H42O8. The summed E-state index contributed by atoms with van der Waals surface area (Å²) in [5.41, 5.74) is -2.71. The standard InChI is InChI=1S/C30H42O8/c1-6-27(2,3)24(32)36-22-19-10-20-23(22)37-26(34)30(20,14-19)25(33)35-15-21(31)38-28(4,5)29-11-16-7-17(12-29)9-18(8-16)13-29/h16-20,22-23H,6-15H2,1-5H3. The molecule has 38 heavy (non-hydrogen) atoms. The van der Waals surface area contributed by atoms with E-state index in [9.17, 15) is 19.2 Å². The van der Waals surface area contributed by atoms with Crippen LogP contribution < -0.4 is 0 Å². The van der Waals surface area contributed by atoms with Gasteiger partial charge in [0.05, 0.1) is 5.41 Å². The Morgan fingerprint density at radius 3 is 2.13 bits per heavy atom. The lowest BCUT2D eigenvalue weighted by Gasteiger charge is -2.61. The molecule has 6 saturated carbocycles. The van der Waals surface area contributed by atoms with E-state index >= 15 is 0 Å². The van der Waals surface area contributed by atoms with Gasteiger partial charge in [-0.25, -0.2) is 4.79 Å². The quantitative estimate of drug-likeness (QED) is 0.259. The molecule has 1 heterocycles. The number of hydrogen-bond donors (Lipinski definition) is 0. The minimum Gasteiger partial charge on any atom is -0.458 e. The van der Waals surface area contributed by atoms with Crippen molar-refractivity contribution in [2.75, 3.05) is 6.61 Å². The second-order valence-electron chi connectivity index (χ2n) is 14.5. The maximum atomic E-state index is 13.3. The van der Waals surface area contributed by atoms with Gasteiger partial charge in [-0.05, 0) is 103 Å². The van der Waals surface area contributed by atoms with E-state index in [1.54, 1.807) is 0 Å². The SMILES string of the molecule is CCC(C)(C)C(=O)OC1C2CC3C1OC(=O)C3(C(=O)OCC(=O)OC(C)(C)C13CC4CC(CC(C4)C1)C3)C2. The average molecular weight is 531 g/mol. The molecule has 1 saturated heterocycles. The van der Waals surface area contributed by atoms with Crippen LogP contribution >= 0.6 is 0 Å². The molecule has 0 aromatic rings. The van der Waals surface area contributed by atoms with E-state index in [1.807, 2.05) is 34.6 Å². The molecule has 6 aliphatic carbocycles. The fraction of sp³-hybridized carbons (Fsp3) is 0.867. The third kappa shape index (κ3) is 3.67. The molecule has 7 fully saturated rings. The van der Waals surface area contributed by atoms with Crippen LogP contribution in [0.2, 0.25) is 0 Å². The number of carbonyl (C=O) groups excluding carboxylic acids is 4. The fourth-order valence-corrected chi connectivity index (χ4v) is 9.38. The van der Waals surface area contributed by atoms with Crippen LogP contribution in [-0.2, 0) is 38.1 Å². The van der Waals surface area contributed by atoms with E-state index in [-0.39, 0.29) is 23.7 Å². The minimum atomic E-state index is -1.42. The molecule has 8 nitrogen and oxygen atoms in total. The van der Waals surface area contributed by atoms with Gasteiger partial charge in [0.2, 0.25) is 0 Å². The van der Waals surface area contributed by atoms with Crippen molar-refractivity contribution in [3.63, 3.8) is 0 Å². The number of esters is 4. The number of carbonyl (C=O) groups is 4. The lowest BCUT2D eigenvalue weighted by molar-refractivity contribution is -0.204. The Bertz CT molecular complexity index is 1020. The summed E-state index contributed by atoms with van der Waals surface area (Å²) in [7, 11) is 0. The Balaban J connectivity index is 1.08. The molecule has 0 N–H and O–H groups in total. The van der Waals surface area contributed by atoms with Gasteiger partial charge in [-0.2, -0.15) is 0 Å². The molecule has 7 aliphatic rings. The first-order valence-electron chi connectivity index (χ1n) is 14.6. The number of fused-ring (bicyclic) bond motifs is 1. The van der Waals surface area contributed by atoms with E-state index in [0.717, 1.165) is 37.0 Å². The highest BCUT2D eigenvalue weighted by atomic mass is 16.6. The van der Waals surface area contributed by atoms with Crippen molar-refractivity contribution in [3.05, 3.63) is 0 Å².